The molecule has 1 saturated heterocycles. The molecule has 0 bridgehead atoms. The first-order valence-corrected chi connectivity index (χ1v) is 7.31. The summed E-state index contributed by atoms with van der Waals surface area (Å²) in [5.74, 6) is -0.593. The molecular weight excluding hydrogens is 351 g/mol. The van der Waals surface area contributed by atoms with Crippen LogP contribution in [0.25, 0.3) is 0 Å². The van der Waals surface area contributed by atoms with Gasteiger partial charge in [0.2, 0.25) is 0 Å². The minimum absolute atomic E-state index is 0.0651. The molecule has 1 aliphatic heterocycles. The Morgan fingerprint density at radius 3 is 2.48 bits per heavy atom. The maximum Gasteiger partial charge on any atom is 0.417 e. The smallest absolute Gasteiger partial charge is 0.381 e. The number of benzene rings is 1. The van der Waals surface area contributed by atoms with Gasteiger partial charge in [0.1, 0.15) is 0 Å². The number of amides is 1. The lowest BCUT2D eigenvalue weighted by Crippen LogP contribution is -2.41. The van der Waals surface area contributed by atoms with Crippen LogP contribution >= 0.6 is 15.9 Å². The third kappa shape index (κ3) is 3.58. The maximum absolute atomic E-state index is 13.1. The lowest BCUT2D eigenvalue weighted by atomic mass is 10.0. The van der Waals surface area contributed by atoms with Gasteiger partial charge >= 0.3 is 6.18 Å². The summed E-state index contributed by atoms with van der Waals surface area (Å²) in [6, 6.07) is 3.66. The molecule has 1 heterocycles. The fourth-order valence-electron chi connectivity index (χ4n) is 2.43. The number of likely N-dealkylation sites (tertiary alicyclic amines) is 1. The number of halogens is 4. The van der Waals surface area contributed by atoms with E-state index in [1.54, 1.807) is 7.11 Å². The van der Waals surface area contributed by atoms with E-state index in [1.807, 2.05) is 0 Å². The van der Waals surface area contributed by atoms with Gasteiger partial charge in [-0.3, -0.25) is 4.79 Å². The number of methoxy groups -OCH3 is 1. The summed E-state index contributed by atoms with van der Waals surface area (Å²) in [5.41, 5.74) is -1.23. The van der Waals surface area contributed by atoms with Crippen LogP contribution in [0, 0.1) is 0 Å². The number of piperidine rings is 1. The van der Waals surface area contributed by atoms with E-state index < -0.39 is 17.6 Å². The molecule has 1 aromatic carbocycles. The van der Waals surface area contributed by atoms with E-state index >= 15 is 0 Å². The number of carbonyl (C=O) groups excluding carboxylic acids is 1. The summed E-state index contributed by atoms with van der Waals surface area (Å²) in [7, 11) is 1.59. The van der Waals surface area contributed by atoms with Crippen molar-refractivity contribution >= 4 is 21.8 Å². The van der Waals surface area contributed by atoms with Crippen molar-refractivity contribution in [3.05, 3.63) is 33.8 Å². The maximum atomic E-state index is 13.1. The molecule has 1 fully saturated rings. The van der Waals surface area contributed by atoms with Gasteiger partial charge in [-0.05, 0) is 40.9 Å². The van der Waals surface area contributed by atoms with Gasteiger partial charge in [0.15, 0.2) is 0 Å². The van der Waals surface area contributed by atoms with Crippen LogP contribution in [0.5, 0.6) is 0 Å². The van der Waals surface area contributed by atoms with Gasteiger partial charge in [0, 0.05) is 24.7 Å². The molecule has 0 saturated carbocycles. The van der Waals surface area contributed by atoms with Gasteiger partial charge in [-0.1, -0.05) is 6.07 Å². The Balaban J connectivity index is 2.28. The molecule has 0 unspecified atom stereocenters. The highest BCUT2D eigenvalue weighted by Crippen LogP contribution is 2.36. The molecule has 7 heteroatoms. The lowest BCUT2D eigenvalue weighted by Gasteiger charge is -2.32. The van der Waals surface area contributed by atoms with E-state index in [2.05, 4.69) is 15.9 Å². The first kappa shape index (κ1) is 16.3. The molecule has 1 aromatic rings. The summed E-state index contributed by atoms with van der Waals surface area (Å²) in [4.78, 5) is 13.9. The molecule has 0 aromatic heterocycles. The van der Waals surface area contributed by atoms with Crippen molar-refractivity contribution < 1.29 is 22.7 Å². The van der Waals surface area contributed by atoms with Crippen LogP contribution in [0.4, 0.5) is 13.2 Å². The number of rotatable bonds is 2. The molecule has 0 spiro atoms. The van der Waals surface area contributed by atoms with Crippen LogP contribution in [0.2, 0.25) is 0 Å². The van der Waals surface area contributed by atoms with Gasteiger partial charge in [0.25, 0.3) is 5.91 Å². The third-order valence-corrected chi connectivity index (χ3v) is 4.26. The van der Waals surface area contributed by atoms with E-state index in [-0.39, 0.29) is 16.1 Å². The zero-order valence-corrected chi connectivity index (χ0v) is 13.0. The summed E-state index contributed by atoms with van der Waals surface area (Å²) in [6.07, 6.45) is -3.22. The van der Waals surface area contributed by atoms with E-state index in [1.165, 1.54) is 17.0 Å². The summed E-state index contributed by atoms with van der Waals surface area (Å²) < 4.78 is 44.5. The largest absolute Gasteiger partial charge is 0.417 e. The Hall–Kier alpha value is -1.08. The summed E-state index contributed by atoms with van der Waals surface area (Å²) in [6.45, 7) is 0.798. The quantitative estimate of drug-likeness (QED) is 0.799. The number of hydrogen-bond donors (Lipinski definition) is 0. The van der Waals surface area contributed by atoms with Crippen LogP contribution in [0.3, 0.4) is 0 Å². The predicted molar refractivity (Wildman–Crippen MR) is 75.1 cm³/mol. The van der Waals surface area contributed by atoms with Crippen molar-refractivity contribution in [1.29, 1.82) is 0 Å². The SMILES string of the molecule is COC1CCN(C(=O)c2c(Br)cccc2C(F)(F)F)CC1. The Morgan fingerprint density at radius 2 is 1.95 bits per heavy atom. The van der Waals surface area contributed by atoms with Gasteiger partial charge in [0.05, 0.1) is 17.2 Å². The normalized spacial score (nSPS) is 17.1. The van der Waals surface area contributed by atoms with E-state index in [9.17, 15) is 18.0 Å². The second-order valence-corrected chi connectivity index (χ2v) is 5.74. The fourth-order valence-corrected chi connectivity index (χ4v) is 2.97. The van der Waals surface area contributed by atoms with Crippen LogP contribution in [0.1, 0.15) is 28.8 Å². The van der Waals surface area contributed by atoms with Crippen LogP contribution < -0.4 is 0 Å². The van der Waals surface area contributed by atoms with Crippen molar-refractivity contribution in [2.24, 2.45) is 0 Å². The fraction of sp³-hybridized carbons (Fsp3) is 0.500. The summed E-state index contributed by atoms with van der Waals surface area (Å²) >= 11 is 3.06. The highest BCUT2D eigenvalue weighted by molar-refractivity contribution is 9.10. The Bertz CT molecular complexity index is 525. The second-order valence-electron chi connectivity index (χ2n) is 4.89. The van der Waals surface area contributed by atoms with Crippen LogP contribution in [-0.2, 0) is 10.9 Å². The van der Waals surface area contributed by atoms with Crippen LogP contribution in [0.15, 0.2) is 22.7 Å². The Morgan fingerprint density at radius 1 is 1.33 bits per heavy atom. The van der Waals surface area contributed by atoms with E-state index in [0.717, 1.165) is 6.07 Å². The van der Waals surface area contributed by atoms with Crippen LogP contribution in [-0.4, -0.2) is 37.1 Å². The lowest BCUT2D eigenvalue weighted by molar-refractivity contribution is -0.138. The topological polar surface area (TPSA) is 29.5 Å². The number of hydrogen-bond acceptors (Lipinski definition) is 2. The van der Waals surface area contributed by atoms with Crippen molar-refractivity contribution in [2.75, 3.05) is 20.2 Å². The summed E-state index contributed by atoms with van der Waals surface area (Å²) in [5, 5.41) is 0. The zero-order chi connectivity index (χ0) is 15.6. The molecule has 1 amide bonds. The molecule has 0 N–H and O–H groups in total. The van der Waals surface area contributed by atoms with Gasteiger partial charge in [-0.15, -0.1) is 0 Å². The first-order valence-electron chi connectivity index (χ1n) is 6.52. The van der Waals surface area contributed by atoms with Gasteiger partial charge in [-0.2, -0.15) is 13.2 Å². The van der Waals surface area contributed by atoms with Crippen molar-refractivity contribution in [1.82, 2.24) is 4.90 Å². The monoisotopic (exact) mass is 365 g/mol. The van der Waals surface area contributed by atoms with E-state index in [0.29, 0.717) is 25.9 Å². The first-order chi connectivity index (χ1) is 9.84. The molecule has 0 radical (unpaired) electrons. The van der Waals surface area contributed by atoms with Gasteiger partial charge < -0.3 is 9.64 Å². The number of carbonyl (C=O) groups is 1. The Labute approximate surface area is 129 Å². The molecule has 2 rings (SSSR count). The van der Waals surface area contributed by atoms with E-state index in [4.69, 9.17) is 4.74 Å². The molecule has 3 nitrogen and oxygen atoms in total. The molecule has 21 heavy (non-hydrogen) atoms. The molecule has 0 aliphatic carbocycles. The Kier molecular flexibility index (Phi) is 4.93. The third-order valence-electron chi connectivity index (χ3n) is 3.60. The number of ether oxygens (including phenoxy) is 1. The minimum atomic E-state index is -4.56. The van der Waals surface area contributed by atoms with Crippen molar-refractivity contribution in [3.63, 3.8) is 0 Å². The average Bonchev–Trinajstić information content (AvgIpc) is 2.45. The number of nitrogens with zero attached hydrogens (tertiary/aromatic N) is 1. The highest BCUT2D eigenvalue weighted by Gasteiger charge is 2.37. The van der Waals surface area contributed by atoms with Crippen molar-refractivity contribution in [2.45, 2.75) is 25.1 Å². The van der Waals surface area contributed by atoms with Crippen molar-refractivity contribution in [3.8, 4) is 0 Å². The standard InChI is InChI=1S/C14H15BrF3NO2/c1-21-9-5-7-19(8-6-9)13(20)12-10(14(16,17)18)3-2-4-11(12)15/h2-4,9H,5-8H2,1H3. The molecule has 0 atom stereocenters. The highest BCUT2D eigenvalue weighted by atomic mass is 79.9. The number of alkyl halides is 3. The zero-order valence-electron chi connectivity index (χ0n) is 11.4. The average molecular weight is 366 g/mol. The predicted octanol–water partition coefficient (Wildman–Crippen LogP) is 3.72. The molecular formula is C14H15BrF3NO2. The molecule has 116 valence electrons. The molecule has 1 aliphatic rings. The second kappa shape index (κ2) is 6.36. The minimum Gasteiger partial charge on any atom is -0.381 e. The van der Waals surface area contributed by atoms with Gasteiger partial charge in [-0.25, -0.2) is 0 Å².